The quantitative estimate of drug-likeness (QED) is 0.482. The Bertz CT molecular complexity index is 660. The summed E-state index contributed by atoms with van der Waals surface area (Å²) in [6.07, 6.45) is 6.87. The number of nitrogens with one attached hydrogen (secondary N) is 1. The van der Waals surface area contributed by atoms with Crippen molar-refractivity contribution in [2.75, 3.05) is 23.8 Å². The molecular weight excluding hydrogens is 284 g/mol. The van der Waals surface area contributed by atoms with Crippen LogP contribution in [0.3, 0.4) is 0 Å². The fourth-order valence-electron chi connectivity index (χ4n) is 1.73. The lowest BCUT2D eigenvalue weighted by Crippen LogP contribution is -2.26. The van der Waals surface area contributed by atoms with Crippen LogP contribution in [0.1, 0.15) is 10.5 Å². The molecule has 0 aliphatic carbocycles. The third kappa shape index (κ3) is 4.04. The van der Waals surface area contributed by atoms with Crippen LogP contribution in [0, 0.1) is 12.3 Å². The first-order valence-electron chi connectivity index (χ1n) is 6.42. The second-order valence-electron chi connectivity index (χ2n) is 4.22. The van der Waals surface area contributed by atoms with Gasteiger partial charge in [-0.15, -0.1) is 18.2 Å². The number of carbonyl (C=O) groups is 1. The van der Waals surface area contributed by atoms with Crippen molar-refractivity contribution >= 4 is 23.4 Å². The maximum absolute atomic E-state index is 11.9. The van der Waals surface area contributed by atoms with Gasteiger partial charge in [0.05, 0.1) is 17.1 Å². The summed E-state index contributed by atoms with van der Waals surface area (Å²) in [6, 6.07) is 9.02. The molecule has 21 heavy (non-hydrogen) atoms. The summed E-state index contributed by atoms with van der Waals surface area (Å²) in [5, 5.41) is 7.04. The second-order valence-corrected chi connectivity index (χ2v) is 5.32. The molecule has 0 aliphatic rings. The number of hydrogen-bond acceptors (Lipinski definition) is 4. The van der Waals surface area contributed by atoms with Gasteiger partial charge in [0, 0.05) is 18.5 Å². The Morgan fingerprint density at radius 2 is 2.24 bits per heavy atom. The highest BCUT2D eigenvalue weighted by Gasteiger charge is 2.10. The summed E-state index contributed by atoms with van der Waals surface area (Å²) in [7, 11) is 0. The van der Waals surface area contributed by atoms with Crippen LogP contribution in [0.4, 0.5) is 5.69 Å². The fraction of sp³-hybridized carbons (Fsp3) is 0.200. The molecule has 2 rings (SSSR count). The van der Waals surface area contributed by atoms with Crippen LogP contribution >= 0.6 is 11.8 Å². The monoisotopic (exact) mass is 300 g/mol. The molecule has 0 saturated carbocycles. The van der Waals surface area contributed by atoms with E-state index in [0.29, 0.717) is 23.7 Å². The van der Waals surface area contributed by atoms with E-state index in [4.69, 9.17) is 12.2 Å². The van der Waals surface area contributed by atoms with Gasteiger partial charge in [-0.3, -0.25) is 4.79 Å². The molecule has 5 nitrogen and oxygen atoms in total. The van der Waals surface area contributed by atoms with E-state index >= 15 is 0 Å². The molecule has 2 aromatic rings. The van der Waals surface area contributed by atoms with Gasteiger partial charge in [-0.2, -0.15) is 5.10 Å². The van der Waals surface area contributed by atoms with Gasteiger partial charge in [0.2, 0.25) is 0 Å². The number of anilines is 1. The van der Waals surface area contributed by atoms with Gasteiger partial charge in [0.25, 0.3) is 5.91 Å². The van der Waals surface area contributed by atoms with Crippen LogP contribution in [0.15, 0.2) is 36.5 Å². The van der Waals surface area contributed by atoms with Crippen LogP contribution in [0.25, 0.3) is 5.69 Å². The first kappa shape index (κ1) is 15.0. The normalized spacial score (nSPS) is 10.0. The molecule has 1 aromatic carbocycles. The molecule has 1 aromatic heterocycles. The van der Waals surface area contributed by atoms with Crippen molar-refractivity contribution in [3.63, 3.8) is 0 Å². The molecule has 3 N–H and O–H groups in total. The van der Waals surface area contributed by atoms with Gasteiger partial charge >= 0.3 is 0 Å². The van der Waals surface area contributed by atoms with Crippen molar-refractivity contribution in [1.82, 2.24) is 15.1 Å². The molecule has 0 atom stereocenters. The average molecular weight is 300 g/mol. The lowest BCUT2D eigenvalue weighted by Gasteiger charge is -2.05. The first-order valence-corrected chi connectivity index (χ1v) is 7.58. The van der Waals surface area contributed by atoms with Crippen molar-refractivity contribution in [2.24, 2.45) is 0 Å². The number of aromatic nitrogens is 2. The third-order valence-electron chi connectivity index (χ3n) is 2.72. The predicted octanol–water partition coefficient (Wildman–Crippen LogP) is 1.55. The number of benzene rings is 1. The summed E-state index contributed by atoms with van der Waals surface area (Å²) >= 11 is 1.60. The van der Waals surface area contributed by atoms with Crippen molar-refractivity contribution in [1.29, 1.82) is 0 Å². The van der Waals surface area contributed by atoms with Crippen LogP contribution in [0.5, 0.6) is 0 Å². The van der Waals surface area contributed by atoms with Gasteiger partial charge in [0.1, 0.15) is 0 Å². The number of nitrogen functional groups attached to an aromatic ring is 1. The highest BCUT2D eigenvalue weighted by molar-refractivity contribution is 7.99. The summed E-state index contributed by atoms with van der Waals surface area (Å²) in [4.78, 5) is 11.9. The van der Waals surface area contributed by atoms with Gasteiger partial charge in [-0.05, 0) is 18.2 Å². The lowest BCUT2D eigenvalue weighted by molar-refractivity contribution is 0.0951. The van der Waals surface area contributed by atoms with Crippen molar-refractivity contribution < 1.29 is 4.79 Å². The van der Waals surface area contributed by atoms with E-state index in [9.17, 15) is 4.79 Å². The molecular formula is C15H16N4OS. The lowest BCUT2D eigenvalue weighted by atomic mass is 10.3. The Hall–Kier alpha value is -2.39. The number of carbonyl (C=O) groups excluding carboxylic acids is 1. The van der Waals surface area contributed by atoms with Gasteiger partial charge in [-0.1, -0.05) is 18.1 Å². The zero-order chi connectivity index (χ0) is 15.1. The number of hydrogen-bond donors (Lipinski definition) is 2. The Labute approximate surface area is 127 Å². The van der Waals surface area contributed by atoms with E-state index in [0.717, 1.165) is 11.4 Å². The Kier molecular flexibility index (Phi) is 5.29. The summed E-state index contributed by atoms with van der Waals surface area (Å²) in [5.41, 5.74) is 7.61. The summed E-state index contributed by atoms with van der Waals surface area (Å²) < 4.78 is 1.59. The van der Waals surface area contributed by atoms with Gasteiger partial charge in [0.15, 0.2) is 5.69 Å². The maximum Gasteiger partial charge on any atom is 0.271 e. The molecule has 108 valence electrons. The maximum atomic E-state index is 11.9. The Balaban J connectivity index is 1.95. The third-order valence-corrected chi connectivity index (χ3v) is 3.59. The highest BCUT2D eigenvalue weighted by atomic mass is 32.2. The van der Waals surface area contributed by atoms with E-state index in [1.165, 1.54) is 0 Å². The molecule has 1 amide bonds. The molecule has 0 radical (unpaired) electrons. The van der Waals surface area contributed by atoms with E-state index in [-0.39, 0.29) is 5.91 Å². The molecule has 1 heterocycles. The molecule has 0 fully saturated rings. The van der Waals surface area contributed by atoms with Crippen LogP contribution < -0.4 is 11.1 Å². The fourth-order valence-corrected chi connectivity index (χ4v) is 2.24. The Morgan fingerprint density at radius 3 is 3.00 bits per heavy atom. The molecule has 0 bridgehead atoms. The molecule has 6 heteroatoms. The number of terminal acetylenes is 1. The smallest absolute Gasteiger partial charge is 0.271 e. The van der Waals surface area contributed by atoms with Crippen molar-refractivity contribution in [3.05, 3.63) is 42.2 Å². The van der Waals surface area contributed by atoms with Crippen LogP contribution in [-0.4, -0.2) is 33.7 Å². The van der Waals surface area contributed by atoms with E-state index in [1.54, 1.807) is 34.8 Å². The van der Waals surface area contributed by atoms with Crippen LogP contribution in [0.2, 0.25) is 0 Å². The molecule has 0 saturated heterocycles. The second kappa shape index (κ2) is 7.41. The largest absolute Gasteiger partial charge is 0.397 e. The zero-order valence-electron chi connectivity index (χ0n) is 11.5. The topological polar surface area (TPSA) is 72.9 Å². The molecule has 0 spiro atoms. The summed E-state index contributed by atoms with van der Waals surface area (Å²) in [5.74, 6) is 3.76. The highest BCUT2D eigenvalue weighted by Crippen LogP contribution is 2.15. The van der Waals surface area contributed by atoms with Gasteiger partial charge < -0.3 is 11.1 Å². The van der Waals surface area contributed by atoms with Crippen molar-refractivity contribution in [2.45, 2.75) is 0 Å². The molecule has 0 aliphatic heterocycles. The summed E-state index contributed by atoms with van der Waals surface area (Å²) in [6.45, 7) is 0.561. The standard InChI is InChI=1S/C15H16N4OS/c1-2-10-21-11-8-17-15(20)13-7-9-19(18-13)14-6-4-3-5-12(14)16/h1,3-7,9H,8,10-11,16H2,(H,17,20). The zero-order valence-corrected chi connectivity index (χ0v) is 12.3. The minimum Gasteiger partial charge on any atom is -0.397 e. The number of thioether (sulfide) groups is 1. The first-order chi connectivity index (χ1) is 10.2. The molecule has 0 unspecified atom stereocenters. The van der Waals surface area contributed by atoms with Crippen molar-refractivity contribution in [3.8, 4) is 18.0 Å². The number of para-hydroxylation sites is 2. The van der Waals surface area contributed by atoms with E-state index in [1.807, 2.05) is 18.2 Å². The minimum absolute atomic E-state index is 0.204. The minimum atomic E-state index is -0.204. The van der Waals surface area contributed by atoms with Crippen LogP contribution in [-0.2, 0) is 0 Å². The predicted molar refractivity (Wildman–Crippen MR) is 86.5 cm³/mol. The number of amides is 1. The van der Waals surface area contributed by atoms with E-state index in [2.05, 4.69) is 16.3 Å². The average Bonchev–Trinajstić information content (AvgIpc) is 2.97. The number of nitrogens with two attached hydrogens (primary N) is 1. The number of nitrogens with zero attached hydrogens (tertiary/aromatic N) is 2. The van der Waals surface area contributed by atoms with Gasteiger partial charge in [-0.25, -0.2) is 4.68 Å². The SMILES string of the molecule is C#CCSCCNC(=O)c1ccn(-c2ccccc2N)n1. The number of rotatable bonds is 6. The Morgan fingerprint density at radius 1 is 1.43 bits per heavy atom. The van der Waals surface area contributed by atoms with E-state index < -0.39 is 0 Å².